The number of anilines is 2. The van der Waals surface area contributed by atoms with Gasteiger partial charge in [-0.3, -0.25) is 4.79 Å². The third-order valence-corrected chi connectivity index (χ3v) is 6.42. The molecule has 0 saturated carbocycles. The summed E-state index contributed by atoms with van der Waals surface area (Å²) in [6, 6.07) is 9.33. The van der Waals surface area contributed by atoms with Crippen molar-refractivity contribution >= 4 is 28.6 Å². The maximum absolute atomic E-state index is 11.7. The predicted octanol–water partition coefficient (Wildman–Crippen LogP) is 3.61. The van der Waals surface area contributed by atoms with E-state index in [1.54, 1.807) is 11.5 Å². The Hall–Kier alpha value is -4.15. The van der Waals surface area contributed by atoms with E-state index >= 15 is 0 Å². The number of rotatable bonds is 6. The molecule has 36 heavy (non-hydrogen) atoms. The zero-order valence-corrected chi connectivity index (χ0v) is 20.8. The van der Waals surface area contributed by atoms with Crippen LogP contribution in [0.15, 0.2) is 41.1 Å². The Balaban J connectivity index is 1.48. The normalized spacial score (nSPS) is 15.0. The van der Waals surface area contributed by atoms with Crippen LogP contribution < -0.4 is 10.2 Å². The highest BCUT2D eigenvalue weighted by atomic mass is 16.5. The van der Waals surface area contributed by atoms with Gasteiger partial charge in [-0.05, 0) is 20.8 Å². The molecule has 1 atom stereocenters. The molecule has 0 bridgehead atoms. The average Bonchev–Trinajstić information content (AvgIpc) is 3.50. The highest BCUT2D eigenvalue weighted by molar-refractivity contribution is 5.94. The minimum atomic E-state index is -0.347. The molecule has 11 heteroatoms. The van der Waals surface area contributed by atoms with Gasteiger partial charge in [-0.2, -0.15) is 9.97 Å². The molecular formula is C25H30N8O3. The lowest BCUT2D eigenvalue weighted by Gasteiger charge is -2.34. The van der Waals surface area contributed by atoms with Gasteiger partial charge in [0.25, 0.3) is 0 Å². The second-order valence-corrected chi connectivity index (χ2v) is 9.27. The summed E-state index contributed by atoms with van der Waals surface area (Å²) in [5.74, 6) is 2.14. The molecule has 1 aliphatic rings. The van der Waals surface area contributed by atoms with E-state index in [1.807, 2.05) is 67.1 Å². The molecule has 0 spiro atoms. The third-order valence-electron chi connectivity index (χ3n) is 6.42. The topological polar surface area (TPSA) is 125 Å². The molecule has 2 N–H and O–H groups in total. The summed E-state index contributed by atoms with van der Waals surface area (Å²) in [6.07, 6.45) is 1.85. The van der Waals surface area contributed by atoms with Gasteiger partial charge in [0.05, 0.1) is 5.39 Å². The van der Waals surface area contributed by atoms with E-state index in [4.69, 9.17) is 14.5 Å². The van der Waals surface area contributed by atoms with Crippen LogP contribution in [-0.2, 0) is 4.79 Å². The van der Waals surface area contributed by atoms with Crippen LogP contribution in [0.25, 0.3) is 22.3 Å². The number of nitrogens with one attached hydrogen (secondary N) is 1. The molecular weight excluding hydrogens is 460 g/mol. The molecule has 1 fully saturated rings. The minimum Gasteiger partial charge on any atom is -0.493 e. The first-order chi connectivity index (χ1) is 17.3. The number of nitrogens with zero attached hydrogens (tertiary/aromatic N) is 7. The van der Waals surface area contributed by atoms with Crippen LogP contribution in [0.2, 0.25) is 0 Å². The molecule has 1 aliphatic heterocycles. The maximum atomic E-state index is 11.7. The molecule has 1 amide bonds. The molecule has 5 rings (SSSR count). The van der Waals surface area contributed by atoms with Crippen molar-refractivity contribution in [3.63, 3.8) is 0 Å². The fourth-order valence-corrected chi connectivity index (χ4v) is 4.32. The Morgan fingerprint density at radius 1 is 1.06 bits per heavy atom. The summed E-state index contributed by atoms with van der Waals surface area (Å²) in [7, 11) is 0. The Kier molecular flexibility index (Phi) is 6.21. The van der Waals surface area contributed by atoms with Gasteiger partial charge >= 0.3 is 0 Å². The van der Waals surface area contributed by atoms with Gasteiger partial charge in [-0.25, -0.2) is 4.98 Å². The van der Waals surface area contributed by atoms with Gasteiger partial charge in [0.1, 0.15) is 17.4 Å². The largest absolute Gasteiger partial charge is 0.493 e. The third kappa shape index (κ3) is 4.43. The van der Waals surface area contributed by atoms with Crippen LogP contribution in [0.1, 0.15) is 45.7 Å². The number of aromatic hydroxyl groups is 1. The second kappa shape index (κ2) is 9.48. The molecule has 1 unspecified atom stereocenters. The van der Waals surface area contributed by atoms with Crippen molar-refractivity contribution in [2.75, 3.05) is 36.4 Å². The van der Waals surface area contributed by atoms with Crippen LogP contribution in [-0.4, -0.2) is 66.8 Å². The SMILES string of the molecule is CC(=O)N1CCN(c2nc(NC(C)c3nc(-c4ccccc4)no3)c3cn(C(C)C)c(O)c3n2)CC1. The Bertz CT molecular complexity index is 1370. The van der Waals surface area contributed by atoms with E-state index in [2.05, 4.69) is 15.5 Å². The first kappa shape index (κ1) is 23.6. The summed E-state index contributed by atoms with van der Waals surface area (Å²) in [6.45, 7) is 9.89. The van der Waals surface area contributed by atoms with Crippen LogP contribution >= 0.6 is 0 Å². The quantitative estimate of drug-likeness (QED) is 0.417. The molecule has 11 nitrogen and oxygen atoms in total. The summed E-state index contributed by atoms with van der Waals surface area (Å²) < 4.78 is 7.31. The average molecular weight is 491 g/mol. The number of hydrogen-bond acceptors (Lipinski definition) is 9. The lowest BCUT2D eigenvalue weighted by molar-refractivity contribution is -0.129. The number of benzene rings is 1. The second-order valence-electron chi connectivity index (χ2n) is 9.27. The van der Waals surface area contributed by atoms with Crippen molar-refractivity contribution in [1.29, 1.82) is 0 Å². The summed E-state index contributed by atoms with van der Waals surface area (Å²) in [5, 5.41) is 19.1. The molecule has 1 aromatic carbocycles. The van der Waals surface area contributed by atoms with Crippen molar-refractivity contribution in [1.82, 2.24) is 29.6 Å². The van der Waals surface area contributed by atoms with Crippen molar-refractivity contribution in [2.45, 2.75) is 39.8 Å². The summed E-state index contributed by atoms with van der Waals surface area (Å²) in [5.41, 5.74) is 1.34. The van der Waals surface area contributed by atoms with Gasteiger partial charge in [-0.15, -0.1) is 0 Å². The fourth-order valence-electron chi connectivity index (χ4n) is 4.32. The molecule has 0 radical (unpaired) electrons. The molecule has 1 saturated heterocycles. The van der Waals surface area contributed by atoms with Crippen LogP contribution in [0.3, 0.4) is 0 Å². The van der Waals surface area contributed by atoms with Crippen molar-refractivity contribution in [2.24, 2.45) is 0 Å². The lowest BCUT2D eigenvalue weighted by atomic mass is 10.2. The smallest absolute Gasteiger partial charge is 0.249 e. The number of amides is 1. The first-order valence-electron chi connectivity index (χ1n) is 12.1. The van der Waals surface area contributed by atoms with Gasteiger partial charge in [0.15, 0.2) is 0 Å². The molecule has 0 aliphatic carbocycles. The predicted molar refractivity (Wildman–Crippen MR) is 136 cm³/mol. The maximum Gasteiger partial charge on any atom is 0.249 e. The zero-order valence-electron chi connectivity index (χ0n) is 20.8. The van der Waals surface area contributed by atoms with Crippen molar-refractivity contribution in [3.8, 4) is 17.3 Å². The molecule has 188 valence electrons. The van der Waals surface area contributed by atoms with E-state index in [0.29, 0.717) is 60.6 Å². The van der Waals surface area contributed by atoms with Gasteiger partial charge in [0, 0.05) is 50.9 Å². The van der Waals surface area contributed by atoms with E-state index in [0.717, 1.165) is 5.56 Å². The number of piperazine rings is 1. The Morgan fingerprint density at radius 3 is 2.44 bits per heavy atom. The van der Waals surface area contributed by atoms with E-state index in [1.165, 1.54) is 0 Å². The molecule has 4 aromatic rings. The minimum absolute atomic E-state index is 0.0383. The Labute approximate surface area is 208 Å². The van der Waals surface area contributed by atoms with Crippen LogP contribution in [0, 0.1) is 0 Å². The highest BCUT2D eigenvalue weighted by Crippen LogP contribution is 2.35. The number of aromatic nitrogens is 5. The van der Waals surface area contributed by atoms with Crippen molar-refractivity contribution < 1.29 is 14.4 Å². The fraction of sp³-hybridized carbons (Fsp3) is 0.400. The van der Waals surface area contributed by atoms with Crippen LogP contribution in [0.4, 0.5) is 11.8 Å². The number of carbonyl (C=O) groups excluding carboxylic acids is 1. The Morgan fingerprint density at radius 2 is 1.78 bits per heavy atom. The van der Waals surface area contributed by atoms with E-state index in [9.17, 15) is 9.90 Å². The monoisotopic (exact) mass is 490 g/mol. The summed E-state index contributed by atoms with van der Waals surface area (Å²) >= 11 is 0. The standard InChI is InChI=1S/C25H30N8O3/c1-15(2)33-14-19-20(24(33)35)27-25(32-12-10-31(11-13-32)17(4)34)29-22(19)26-16(3)23-28-21(30-36-23)18-8-6-5-7-9-18/h5-9,14-16,35H,10-13H2,1-4H3,(H,26,27,29). The molecule has 4 heterocycles. The zero-order chi connectivity index (χ0) is 25.4. The van der Waals surface area contributed by atoms with E-state index in [-0.39, 0.29) is 23.9 Å². The number of carbonyl (C=O) groups is 1. The molecule has 3 aromatic heterocycles. The highest BCUT2D eigenvalue weighted by Gasteiger charge is 2.25. The number of hydrogen-bond donors (Lipinski definition) is 2. The first-order valence-corrected chi connectivity index (χ1v) is 12.1. The van der Waals surface area contributed by atoms with Crippen LogP contribution in [0.5, 0.6) is 5.88 Å². The van der Waals surface area contributed by atoms with Gasteiger partial charge in [0.2, 0.25) is 29.5 Å². The van der Waals surface area contributed by atoms with Crippen molar-refractivity contribution in [3.05, 3.63) is 42.4 Å². The lowest BCUT2D eigenvalue weighted by Crippen LogP contribution is -2.48. The van der Waals surface area contributed by atoms with Gasteiger partial charge in [-0.1, -0.05) is 35.5 Å². The van der Waals surface area contributed by atoms with Gasteiger partial charge < -0.3 is 29.3 Å². The number of fused-ring (bicyclic) bond motifs is 1. The van der Waals surface area contributed by atoms with E-state index < -0.39 is 0 Å². The summed E-state index contributed by atoms with van der Waals surface area (Å²) in [4.78, 5) is 29.7.